The van der Waals surface area contributed by atoms with Crippen LogP contribution in [-0.2, 0) is 6.54 Å². The van der Waals surface area contributed by atoms with Gasteiger partial charge in [0.05, 0.1) is 16.4 Å². The molecule has 1 saturated heterocycles. The molecule has 1 aliphatic rings. The molecule has 0 spiro atoms. The average Bonchev–Trinajstić information content (AvgIpc) is 3.13. The molecule has 0 N–H and O–H groups in total. The van der Waals surface area contributed by atoms with E-state index in [1.807, 2.05) is 35.1 Å². The summed E-state index contributed by atoms with van der Waals surface area (Å²) in [5.41, 5.74) is 3.76. The van der Waals surface area contributed by atoms with Crippen LogP contribution in [0, 0.1) is 5.82 Å². The monoisotopic (exact) mass is 398 g/mol. The number of aromatic nitrogens is 2. The van der Waals surface area contributed by atoms with E-state index in [9.17, 15) is 4.39 Å². The summed E-state index contributed by atoms with van der Waals surface area (Å²) in [6, 6.07) is 14.2. The van der Waals surface area contributed by atoms with Crippen LogP contribution in [0.1, 0.15) is 12.5 Å². The summed E-state index contributed by atoms with van der Waals surface area (Å²) >= 11 is 6.47. The predicted octanol–water partition coefficient (Wildman–Crippen LogP) is 4.47. The van der Waals surface area contributed by atoms with Crippen molar-refractivity contribution in [3.63, 3.8) is 0 Å². The highest BCUT2D eigenvalue weighted by Gasteiger charge is 2.20. The molecule has 4 rings (SSSR count). The molecule has 0 amide bonds. The minimum atomic E-state index is -0.253. The van der Waals surface area contributed by atoms with Gasteiger partial charge in [-0.15, -0.1) is 0 Å². The standard InChI is InChI=1S/C22H24ClFN4/c1-2-26-11-13-27(14-12-26)15-17-16-28(19-9-7-18(24)8-10-19)25-22(17)20-5-3-4-6-21(20)23/h3-10,16H,2,11-15H2,1H3. The van der Waals surface area contributed by atoms with Crippen LogP contribution >= 0.6 is 11.6 Å². The first-order valence-electron chi connectivity index (χ1n) is 9.68. The van der Waals surface area contributed by atoms with Crippen molar-refractivity contribution < 1.29 is 4.39 Å². The van der Waals surface area contributed by atoms with Gasteiger partial charge in [-0.1, -0.05) is 36.7 Å². The molecule has 6 heteroatoms. The molecular formula is C22H24ClFN4. The predicted molar refractivity (Wildman–Crippen MR) is 111 cm³/mol. The van der Waals surface area contributed by atoms with E-state index in [4.69, 9.17) is 16.7 Å². The molecular weight excluding hydrogens is 375 g/mol. The number of benzene rings is 2. The summed E-state index contributed by atoms with van der Waals surface area (Å²) in [6.45, 7) is 8.38. The Kier molecular flexibility index (Phi) is 5.76. The Morgan fingerprint density at radius 3 is 2.32 bits per heavy atom. The van der Waals surface area contributed by atoms with Gasteiger partial charge in [-0.3, -0.25) is 4.90 Å². The average molecular weight is 399 g/mol. The Morgan fingerprint density at radius 2 is 1.64 bits per heavy atom. The van der Waals surface area contributed by atoms with Crippen LogP contribution in [0.15, 0.2) is 54.7 Å². The lowest BCUT2D eigenvalue weighted by atomic mass is 10.1. The summed E-state index contributed by atoms with van der Waals surface area (Å²) in [6.07, 6.45) is 2.04. The number of rotatable bonds is 5. The SMILES string of the molecule is CCN1CCN(Cc2cn(-c3ccc(F)cc3)nc2-c2ccccc2Cl)CC1. The van der Waals surface area contributed by atoms with Crippen molar-refractivity contribution in [1.29, 1.82) is 0 Å². The Morgan fingerprint density at radius 1 is 0.964 bits per heavy atom. The molecule has 2 aromatic carbocycles. The number of piperazine rings is 1. The normalized spacial score (nSPS) is 15.8. The highest BCUT2D eigenvalue weighted by atomic mass is 35.5. The first-order chi connectivity index (χ1) is 13.6. The van der Waals surface area contributed by atoms with Crippen LogP contribution < -0.4 is 0 Å². The Labute approximate surface area is 170 Å². The minimum absolute atomic E-state index is 0.253. The van der Waals surface area contributed by atoms with Crippen molar-refractivity contribution in [3.8, 4) is 16.9 Å². The third-order valence-corrected chi connectivity index (χ3v) is 5.65. The van der Waals surface area contributed by atoms with Crippen molar-refractivity contribution in [2.75, 3.05) is 32.7 Å². The summed E-state index contributed by atoms with van der Waals surface area (Å²) in [7, 11) is 0. The second-order valence-electron chi connectivity index (χ2n) is 7.11. The number of nitrogens with zero attached hydrogens (tertiary/aromatic N) is 4. The fourth-order valence-corrected chi connectivity index (χ4v) is 3.86. The van der Waals surface area contributed by atoms with Gasteiger partial charge < -0.3 is 4.90 Å². The number of hydrogen-bond donors (Lipinski definition) is 0. The smallest absolute Gasteiger partial charge is 0.123 e. The first-order valence-corrected chi connectivity index (χ1v) is 10.1. The first kappa shape index (κ1) is 19.1. The van der Waals surface area contributed by atoms with Gasteiger partial charge in [-0.2, -0.15) is 5.10 Å². The highest BCUT2D eigenvalue weighted by Crippen LogP contribution is 2.31. The van der Waals surface area contributed by atoms with Gasteiger partial charge in [0.2, 0.25) is 0 Å². The third kappa shape index (κ3) is 4.12. The Hall–Kier alpha value is -2.21. The zero-order valence-corrected chi connectivity index (χ0v) is 16.7. The van der Waals surface area contributed by atoms with Crippen LogP contribution in [0.25, 0.3) is 16.9 Å². The van der Waals surface area contributed by atoms with Crippen LogP contribution in [0.3, 0.4) is 0 Å². The lowest BCUT2D eigenvalue weighted by Gasteiger charge is -2.33. The van der Waals surface area contributed by atoms with Crippen LogP contribution in [0.4, 0.5) is 4.39 Å². The minimum Gasteiger partial charge on any atom is -0.301 e. The molecule has 1 aromatic heterocycles. The summed E-state index contributed by atoms with van der Waals surface area (Å²) in [5, 5.41) is 5.49. The van der Waals surface area contributed by atoms with E-state index in [-0.39, 0.29) is 5.82 Å². The van der Waals surface area contributed by atoms with E-state index in [2.05, 4.69) is 16.7 Å². The largest absolute Gasteiger partial charge is 0.301 e. The van der Waals surface area contributed by atoms with E-state index < -0.39 is 0 Å². The van der Waals surface area contributed by atoms with Crippen LogP contribution in [-0.4, -0.2) is 52.3 Å². The quantitative estimate of drug-likeness (QED) is 0.633. The fourth-order valence-electron chi connectivity index (χ4n) is 3.64. The molecule has 1 aliphatic heterocycles. The van der Waals surface area contributed by atoms with Crippen molar-refractivity contribution in [1.82, 2.24) is 19.6 Å². The molecule has 1 fully saturated rings. The van der Waals surface area contributed by atoms with Gasteiger partial charge in [0.1, 0.15) is 5.82 Å². The maximum absolute atomic E-state index is 13.3. The number of likely N-dealkylation sites (N-methyl/N-ethyl adjacent to an activating group) is 1. The van der Waals surface area contributed by atoms with Crippen LogP contribution in [0.2, 0.25) is 5.02 Å². The van der Waals surface area contributed by atoms with Crippen molar-refractivity contribution in [2.24, 2.45) is 0 Å². The lowest BCUT2D eigenvalue weighted by molar-refractivity contribution is 0.132. The molecule has 28 heavy (non-hydrogen) atoms. The van der Waals surface area contributed by atoms with Crippen molar-refractivity contribution >= 4 is 11.6 Å². The third-order valence-electron chi connectivity index (χ3n) is 5.32. The topological polar surface area (TPSA) is 24.3 Å². The fraction of sp³-hybridized carbons (Fsp3) is 0.318. The van der Waals surface area contributed by atoms with E-state index in [1.54, 1.807) is 12.1 Å². The van der Waals surface area contributed by atoms with Crippen molar-refractivity contribution in [2.45, 2.75) is 13.5 Å². The van der Waals surface area contributed by atoms with Crippen molar-refractivity contribution in [3.05, 3.63) is 71.1 Å². The van der Waals surface area contributed by atoms with Gasteiger partial charge in [-0.25, -0.2) is 9.07 Å². The second-order valence-corrected chi connectivity index (χ2v) is 7.52. The number of halogens is 2. The summed E-state index contributed by atoms with van der Waals surface area (Å²) in [4.78, 5) is 4.92. The molecule has 0 unspecified atom stereocenters. The van der Waals surface area contributed by atoms with E-state index >= 15 is 0 Å². The second kappa shape index (κ2) is 8.43. The lowest BCUT2D eigenvalue weighted by Crippen LogP contribution is -2.45. The Balaban J connectivity index is 1.67. The summed E-state index contributed by atoms with van der Waals surface area (Å²) in [5.74, 6) is -0.253. The van der Waals surface area contributed by atoms with E-state index in [0.717, 1.165) is 61.8 Å². The molecule has 146 valence electrons. The van der Waals surface area contributed by atoms with Crippen LogP contribution in [0.5, 0.6) is 0 Å². The van der Waals surface area contributed by atoms with Gasteiger partial charge >= 0.3 is 0 Å². The molecule has 0 atom stereocenters. The van der Waals surface area contributed by atoms with Gasteiger partial charge in [0, 0.05) is 50.0 Å². The molecule has 0 bridgehead atoms. The molecule has 2 heterocycles. The van der Waals surface area contributed by atoms with E-state index in [1.165, 1.54) is 12.1 Å². The summed E-state index contributed by atoms with van der Waals surface area (Å²) < 4.78 is 15.1. The zero-order valence-electron chi connectivity index (χ0n) is 16.0. The number of hydrogen-bond acceptors (Lipinski definition) is 3. The maximum atomic E-state index is 13.3. The zero-order chi connectivity index (χ0) is 19.5. The van der Waals surface area contributed by atoms with Gasteiger partial charge in [0.15, 0.2) is 0 Å². The molecule has 0 radical (unpaired) electrons. The molecule has 0 aliphatic carbocycles. The molecule has 3 aromatic rings. The maximum Gasteiger partial charge on any atom is 0.123 e. The van der Waals surface area contributed by atoms with E-state index in [0.29, 0.717) is 5.02 Å². The highest BCUT2D eigenvalue weighted by molar-refractivity contribution is 6.33. The molecule has 4 nitrogen and oxygen atoms in total. The molecule has 0 saturated carbocycles. The van der Waals surface area contributed by atoms with Gasteiger partial charge in [0.25, 0.3) is 0 Å². The Bertz CT molecular complexity index is 930. The van der Waals surface area contributed by atoms with Gasteiger partial charge in [-0.05, 0) is 36.9 Å².